The number of urea groups is 1. The molecule has 6 nitrogen and oxygen atoms in total. The van der Waals surface area contributed by atoms with Crippen molar-refractivity contribution in [3.8, 4) is 11.4 Å². The van der Waals surface area contributed by atoms with Gasteiger partial charge in [0.15, 0.2) is 5.82 Å². The Morgan fingerprint density at radius 1 is 1.35 bits per heavy atom. The van der Waals surface area contributed by atoms with Crippen molar-refractivity contribution >= 4 is 11.7 Å². The summed E-state index contributed by atoms with van der Waals surface area (Å²) >= 11 is 0. The van der Waals surface area contributed by atoms with Gasteiger partial charge in [0.25, 0.3) is 0 Å². The average molecular weight is 271 g/mol. The molecule has 0 bridgehead atoms. The van der Waals surface area contributed by atoms with Crippen molar-refractivity contribution in [1.82, 2.24) is 20.1 Å². The molecule has 0 saturated heterocycles. The SMILES string of the molecule is CC1CC1NC(=O)Nc1ccc(-c2ncn(C)n2)cc1. The minimum atomic E-state index is -0.150. The van der Waals surface area contributed by atoms with E-state index in [1.54, 1.807) is 11.0 Å². The van der Waals surface area contributed by atoms with E-state index in [0.29, 0.717) is 17.8 Å². The lowest BCUT2D eigenvalue weighted by atomic mass is 10.2. The number of carbonyl (C=O) groups is 1. The van der Waals surface area contributed by atoms with E-state index in [2.05, 4.69) is 27.6 Å². The second kappa shape index (κ2) is 4.96. The van der Waals surface area contributed by atoms with E-state index in [9.17, 15) is 4.79 Å². The van der Waals surface area contributed by atoms with Crippen LogP contribution >= 0.6 is 0 Å². The van der Waals surface area contributed by atoms with Crippen molar-refractivity contribution in [3.05, 3.63) is 30.6 Å². The average Bonchev–Trinajstić information content (AvgIpc) is 2.93. The predicted octanol–water partition coefficient (Wildman–Crippen LogP) is 2.01. The molecule has 2 atom stereocenters. The molecule has 1 aromatic carbocycles. The van der Waals surface area contributed by atoms with E-state index >= 15 is 0 Å². The predicted molar refractivity (Wildman–Crippen MR) is 76.2 cm³/mol. The zero-order valence-corrected chi connectivity index (χ0v) is 11.5. The normalized spacial score (nSPS) is 20.5. The lowest BCUT2D eigenvalue weighted by Gasteiger charge is -2.07. The van der Waals surface area contributed by atoms with Gasteiger partial charge in [0.2, 0.25) is 0 Å². The van der Waals surface area contributed by atoms with Gasteiger partial charge < -0.3 is 10.6 Å². The molecule has 1 aromatic heterocycles. The summed E-state index contributed by atoms with van der Waals surface area (Å²) in [4.78, 5) is 15.9. The highest BCUT2D eigenvalue weighted by Gasteiger charge is 2.33. The lowest BCUT2D eigenvalue weighted by Crippen LogP contribution is -2.31. The Balaban J connectivity index is 1.62. The number of nitrogens with one attached hydrogen (secondary N) is 2. The van der Waals surface area contributed by atoms with E-state index in [0.717, 1.165) is 17.7 Å². The maximum Gasteiger partial charge on any atom is 0.319 e. The number of amides is 2. The van der Waals surface area contributed by atoms with Crippen LogP contribution in [0, 0.1) is 5.92 Å². The van der Waals surface area contributed by atoms with E-state index in [1.807, 2.05) is 31.3 Å². The molecule has 1 aliphatic carbocycles. The van der Waals surface area contributed by atoms with Crippen LogP contribution in [0.25, 0.3) is 11.4 Å². The second-order valence-corrected chi connectivity index (χ2v) is 5.24. The third-order valence-corrected chi connectivity index (χ3v) is 3.43. The Morgan fingerprint density at radius 3 is 2.60 bits per heavy atom. The van der Waals surface area contributed by atoms with E-state index in [4.69, 9.17) is 0 Å². The van der Waals surface area contributed by atoms with Crippen LogP contribution in [0.5, 0.6) is 0 Å². The van der Waals surface area contributed by atoms with Gasteiger partial charge in [-0.25, -0.2) is 9.78 Å². The largest absolute Gasteiger partial charge is 0.335 e. The molecule has 2 aromatic rings. The van der Waals surface area contributed by atoms with E-state index in [-0.39, 0.29) is 6.03 Å². The van der Waals surface area contributed by atoms with E-state index < -0.39 is 0 Å². The Morgan fingerprint density at radius 2 is 2.05 bits per heavy atom. The van der Waals surface area contributed by atoms with Crippen LogP contribution in [-0.2, 0) is 7.05 Å². The first-order chi connectivity index (χ1) is 9.61. The van der Waals surface area contributed by atoms with Gasteiger partial charge in [-0.3, -0.25) is 4.68 Å². The Hall–Kier alpha value is -2.37. The molecule has 0 radical (unpaired) electrons. The Bertz CT molecular complexity index is 619. The number of carbonyl (C=O) groups excluding carboxylic acids is 1. The molecule has 1 aliphatic rings. The van der Waals surface area contributed by atoms with Gasteiger partial charge in [-0.05, 0) is 36.6 Å². The lowest BCUT2D eigenvalue weighted by molar-refractivity contribution is 0.251. The standard InChI is InChI=1S/C14H17N5O/c1-9-7-12(9)17-14(20)16-11-5-3-10(4-6-11)13-15-8-19(2)18-13/h3-6,8-9,12H,7H2,1-2H3,(H2,16,17,20). The van der Waals surface area contributed by atoms with E-state index in [1.165, 1.54) is 0 Å². The van der Waals surface area contributed by atoms with Crippen LogP contribution in [0.1, 0.15) is 13.3 Å². The Labute approximate surface area is 117 Å². The monoisotopic (exact) mass is 271 g/mol. The van der Waals surface area contributed by atoms with Gasteiger partial charge >= 0.3 is 6.03 Å². The molecular formula is C14H17N5O. The summed E-state index contributed by atoms with van der Waals surface area (Å²) < 4.78 is 1.66. The smallest absolute Gasteiger partial charge is 0.319 e. The molecule has 1 fully saturated rings. The highest BCUT2D eigenvalue weighted by atomic mass is 16.2. The summed E-state index contributed by atoms with van der Waals surface area (Å²) in [6.07, 6.45) is 2.73. The van der Waals surface area contributed by atoms with Gasteiger partial charge in [0.1, 0.15) is 6.33 Å². The summed E-state index contributed by atoms with van der Waals surface area (Å²) in [5.41, 5.74) is 1.68. The number of anilines is 1. The number of benzene rings is 1. The van der Waals surface area contributed by atoms with Crippen molar-refractivity contribution < 1.29 is 4.79 Å². The second-order valence-electron chi connectivity index (χ2n) is 5.24. The molecule has 3 rings (SSSR count). The molecule has 20 heavy (non-hydrogen) atoms. The number of hydrogen-bond donors (Lipinski definition) is 2. The number of hydrogen-bond acceptors (Lipinski definition) is 3. The minimum absolute atomic E-state index is 0.150. The van der Waals surface area contributed by atoms with Gasteiger partial charge in [0.05, 0.1) is 0 Å². The summed E-state index contributed by atoms with van der Waals surface area (Å²) in [7, 11) is 1.83. The molecule has 2 unspecified atom stereocenters. The summed E-state index contributed by atoms with van der Waals surface area (Å²) in [6.45, 7) is 2.12. The number of aryl methyl sites for hydroxylation is 1. The van der Waals surface area contributed by atoms with Crippen LogP contribution in [0.2, 0.25) is 0 Å². The number of rotatable bonds is 3. The Kier molecular flexibility index (Phi) is 3.14. The molecule has 104 valence electrons. The van der Waals surface area contributed by atoms with Crippen LogP contribution in [0.3, 0.4) is 0 Å². The third-order valence-electron chi connectivity index (χ3n) is 3.43. The first-order valence-corrected chi connectivity index (χ1v) is 6.65. The molecule has 2 amide bonds. The summed E-state index contributed by atoms with van der Waals surface area (Å²) in [5, 5.41) is 9.98. The fourth-order valence-corrected chi connectivity index (χ4v) is 2.03. The third kappa shape index (κ3) is 2.79. The molecule has 1 heterocycles. The van der Waals surface area contributed by atoms with Crippen LogP contribution < -0.4 is 10.6 Å². The van der Waals surface area contributed by atoms with Gasteiger partial charge in [-0.15, -0.1) is 0 Å². The first-order valence-electron chi connectivity index (χ1n) is 6.65. The topological polar surface area (TPSA) is 71.8 Å². The zero-order chi connectivity index (χ0) is 14.1. The fraction of sp³-hybridized carbons (Fsp3) is 0.357. The number of nitrogens with zero attached hydrogens (tertiary/aromatic N) is 3. The van der Waals surface area contributed by atoms with Crippen molar-refractivity contribution in [2.45, 2.75) is 19.4 Å². The van der Waals surface area contributed by atoms with Crippen LogP contribution in [-0.4, -0.2) is 26.8 Å². The van der Waals surface area contributed by atoms with Crippen molar-refractivity contribution in [3.63, 3.8) is 0 Å². The maximum atomic E-state index is 11.7. The molecule has 2 N–H and O–H groups in total. The van der Waals surface area contributed by atoms with Crippen LogP contribution in [0.15, 0.2) is 30.6 Å². The molecule has 0 spiro atoms. The molecule has 0 aliphatic heterocycles. The van der Waals surface area contributed by atoms with Gasteiger partial charge in [-0.2, -0.15) is 5.10 Å². The number of aromatic nitrogens is 3. The fourth-order valence-electron chi connectivity index (χ4n) is 2.03. The van der Waals surface area contributed by atoms with Gasteiger partial charge in [-0.1, -0.05) is 6.92 Å². The zero-order valence-electron chi connectivity index (χ0n) is 11.5. The summed E-state index contributed by atoms with van der Waals surface area (Å²) in [5.74, 6) is 1.27. The van der Waals surface area contributed by atoms with Crippen molar-refractivity contribution in [2.75, 3.05) is 5.32 Å². The van der Waals surface area contributed by atoms with Gasteiger partial charge in [0, 0.05) is 24.3 Å². The highest BCUT2D eigenvalue weighted by Crippen LogP contribution is 2.29. The highest BCUT2D eigenvalue weighted by molar-refractivity contribution is 5.89. The minimum Gasteiger partial charge on any atom is -0.335 e. The molecular weight excluding hydrogens is 254 g/mol. The van der Waals surface area contributed by atoms with Crippen molar-refractivity contribution in [2.24, 2.45) is 13.0 Å². The summed E-state index contributed by atoms with van der Waals surface area (Å²) in [6, 6.07) is 7.66. The first kappa shape index (κ1) is 12.7. The van der Waals surface area contributed by atoms with Crippen LogP contribution in [0.4, 0.5) is 10.5 Å². The van der Waals surface area contributed by atoms with Crippen molar-refractivity contribution in [1.29, 1.82) is 0 Å². The quantitative estimate of drug-likeness (QED) is 0.897. The maximum absolute atomic E-state index is 11.7. The molecule has 1 saturated carbocycles. The molecule has 6 heteroatoms.